The van der Waals surface area contributed by atoms with Crippen LogP contribution in [0.3, 0.4) is 0 Å². The molecule has 6 rings (SSSR count). The van der Waals surface area contributed by atoms with E-state index in [9.17, 15) is 9.59 Å². The number of carbonyl (C=O) groups is 2. The van der Waals surface area contributed by atoms with Gasteiger partial charge in [-0.1, -0.05) is 0 Å². The SMILES string of the molecule is O=C1C=CC2=[N+](CC3CC3)C(=O)c3nnc(C4(C5CC5)CC4)n3C2N1. The Morgan fingerprint density at radius 3 is 2.64 bits per heavy atom. The molecule has 3 saturated carbocycles. The molecule has 7 heteroatoms. The Morgan fingerprint density at radius 1 is 1.16 bits per heavy atom. The molecule has 1 atom stereocenters. The van der Waals surface area contributed by atoms with E-state index in [2.05, 4.69) is 15.5 Å². The Bertz CT molecular complexity index is 883. The van der Waals surface area contributed by atoms with Crippen LogP contribution in [0.1, 0.15) is 61.1 Å². The summed E-state index contributed by atoms with van der Waals surface area (Å²) in [6, 6.07) is 0. The number of nitrogens with one attached hydrogen (secondary N) is 1. The summed E-state index contributed by atoms with van der Waals surface area (Å²) in [5, 5.41) is 11.8. The van der Waals surface area contributed by atoms with Crippen LogP contribution in [0, 0.1) is 11.8 Å². The molecule has 1 aromatic heterocycles. The largest absolute Gasteiger partial charge is 0.457 e. The molecule has 2 amide bonds. The Morgan fingerprint density at radius 2 is 1.96 bits per heavy atom. The van der Waals surface area contributed by atoms with Crippen LogP contribution in [0.5, 0.6) is 0 Å². The molecule has 25 heavy (non-hydrogen) atoms. The first-order valence-electron chi connectivity index (χ1n) is 9.30. The first-order valence-corrected chi connectivity index (χ1v) is 9.30. The van der Waals surface area contributed by atoms with Crippen LogP contribution < -0.4 is 5.32 Å². The number of hydrogen-bond donors (Lipinski definition) is 1. The topological polar surface area (TPSA) is 79.9 Å². The van der Waals surface area contributed by atoms with Crippen LogP contribution in [0.4, 0.5) is 0 Å². The maximum absolute atomic E-state index is 13.1. The van der Waals surface area contributed by atoms with E-state index in [1.165, 1.54) is 31.8 Å². The van der Waals surface area contributed by atoms with Crippen LogP contribution in [0.2, 0.25) is 0 Å². The molecule has 1 N–H and O–H groups in total. The third-order valence-corrected chi connectivity index (χ3v) is 6.40. The lowest BCUT2D eigenvalue weighted by Crippen LogP contribution is -2.50. The fraction of sp³-hybridized carbons (Fsp3) is 0.611. The lowest BCUT2D eigenvalue weighted by atomic mass is 9.98. The second kappa shape index (κ2) is 4.45. The summed E-state index contributed by atoms with van der Waals surface area (Å²) in [4.78, 5) is 25.1. The van der Waals surface area contributed by atoms with E-state index in [0.717, 1.165) is 24.4 Å². The molecule has 0 aromatic carbocycles. The van der Waals surface area contributed by atoms with Crippen molar-refractivity contribution in [3.05, 3.63) is 23.8 Å². The zero-order valence-electron chi connectivity index (χ0n) is 13.9. The van der Waals surface area contributed by atoms with Crippen molar-refractivity contribution >= 4 is 17.5 Å². The molecule has 1 unspecified atom stereocenters. The molecule has 7 nitrogen and oxygen atoms in total. The molecule has 2 aliphatic heterocycles. The Kier molecular flexibility index (Phi) is 2.48. The third-order valence-electron chi connectivity index (χ3n) is 6.40. The Hall–Kier alpha value is -2.31. The smallest absolute Gasteiger partial charge is 0.323 e. The van der Waals surface area contributed by atoms with Gasteiger partial charge in [0.2, 0.25) is 11.6 Å². The number of carbonyl (C=O) groups excluding carboxylic acids is 2. The van der Waals surface area contributed by atoms with Gasteiger partial charge >= 0.3 is 5.91 Å². The van der Waals surface area contributed by atoms with Crippen LogP contribution in [-0.2, 0) is 10.2 Å². The molecule has 3 fully saturated rings. The van der Waals surface area contributed by atoms with Gasteiger partial charge in [-0.05, 0) is 44.4 Å². The molecule has 5 aliphatic rings. The maximum Gasteiger partial charge on any atom is 0.457 e. The highest BCUT2D eigenvalue weighted by atomic mass is 16.2. The highest BCUT2D eigenvalue weighted by Gasteiger charge is 2.60. The van der Waals surface area contributed by atoms with Crippen LogP contribution in [-0.4, -0.2) is 43.4 Å². The molecule has 0 spiro atoms. The van der Waals surface area contributed by atoms with E-state index in [1.807, 2.05) is 9.14 Å². The second-order valence-electron chi connectivity index (χ2n) is 8.18. The van der Waals surface area contributed by atoms with E-state index in [1.54, 1.807) is 6.08 Å². The summed E-state index contributed by atoms with van der Waals surface area (Å²) in [6.07, 6.45) is 9.99. The number of nitrogens with zero attached hydrogens (tertiary/aromatic N) is 4. The molecule has 3 aliphatic carbocycles. The summed E-state index contributed by atoms with van der Waals surface area (Å²) in [5.74, 6) is 2.31. The summed E-state index contributed by atoms with van der Waals surface area (Å²) in [7, 11) is 0. The Balaban J connectivity index is 1.52. The highest BCUT2D eigenvalue weighted by Crippen LogP contribution is 2.62. The minimum absolute atomic E-state index is 0.0794. The van der Waals surface area contributed by atoms with E-state index >= 15 is 0 Å². The van der Waals surface area contributed by atoms with Crippen molar-refractivity contribution in [3.8, 4) is 0 Å². The van der Waals surface area contributed by atoms with Crippen molar-refractivity contribution in [1.82, 2.24) is 20.1 Å². The molecule has 0 bridgehead atoms. The monoisotopic (exact) mass is 338 g/mol. The molecular formula is C18H20N5O2+. The number of amides is 2. The van der Waals surface area contributed by atoms with Crippen LogP contribution >= 0.6 is 0 Å². The van der Waals surface area contributed by atoms with Gasteiger partial charge in [0.05, 0.1) is 0 Å². The first kappa shape index (κ1) is 13.9. The summed E-state index contributed by atoms with van der Waals surface area (Å²) < 4.78 is 3.73. The number of aromatic nitrogens is 3. The fourth-order valence-corrected chi connectivity index (χ4v) is 4.53. The lowest BCUT2D eigenvalue weighted by Gasteiger charge is -2.28. The van der Waals surface area contributed by atoms with Crippen molar-refractivity contribution in [2.45, 2.75) is 50.1 Å². The fourth-order valence-electron chi connectivity index (χ4n) is 4.53. The lowest BCUT2D eigenvalue weighted by molar-refractivity contribution is -0.437. The number of fused-ring (bicyclic) bond motifs is 3. The van der Waals surface area contributed by atoms with E-state index in [0.29, 0.717) is 24.2 Å². The first-order chi connectivity index (χ1) is 12.2. The molecule has 3 heterocycles. The summed E-state index contributed by atoms with van der Waals surface area (Å²) in [6.45, 7) is 0.709. The average molecular weight is 338 g/mol. The summed E-state index contributed by atoms with van der Waals surface area (Å²) >= 11 is 0. The normalized spacial score (nSPS) is 29.4. The van der Waals surface area contributed by atoms with Gasteiger partial charge in [-0.15, -0.1) is 10.2 Å². The molecular weight excluding hydrogens is 318 g/mol. The predicted molar refractivity (Wildman–Crippen MR) is 87.2 cm³/mol. The average Bonchev–Trinajstić information content (AvgIpc) is 3.45. The quantitative estimate of drug-likeness (QED) is 0.828. The van der Waals surface area contributed by atoms with E-state index < -0.39 is 0 Å². The molecule has 0 saturated heterocycles. The van der Waals surface area contributed by atoms with Gasteiger partial charge in [-0.25, -0.2) is 4.79 Å². The number of rotatable bonds is 4. The van der Waals surface area contributed by atoms with E-state index in [-0.39, 0.29) is 23.4 Å². The number of hydrogen-bond acceptors (Lipinski definition) is 4. The van der Waals surface area contributed by atoms with Crippen molar-refractivity contribution in [3.63, 3.8) is 0 Å². The highest BCUT2D eigenvalue weighted by molar-refractivity contribution is 6.09. The van der Waals surface area contributed by atoms with Crippen LogP contribution in [0.25, 0.3) is 0 Å². The molecule has 128 valence electrons. The van der Waals surface area contributed by atoms with E-state index in [4.69, 9.17) is 0 Å². The maximum atomic E-state index is 13.1. The van der Waals surface area contributed by atoms with Gasteiger partial charge in [0.1, 0.15) is 5.82 Å². The standard InChI is InChI=1S/C18H19N5O2/c24-13-6-5-12-14(19-13)23-15(16(25)22(12)9-10-1-2-10)20-21-17(23)18(7-8-18)11-3-4-11/h5-6,10-11,14H,1-4,7-9H2/p+1. The van der Waals surface area contributed by atoms with Crippen molar-refractivity contribution < 1.29 is 14.2 Å². The minimum Gasteiger partial charge on any atom is -0.323 e. The third kappa shape index (κ3) is 1.89. The molecule has 1 aromatic rings. The summed E-state index contributed by atoms with van der Waals surface area (Å²) in [5.41, 5.74) is 0.943. The minimum atomic E-state index is -0.356. The van der Waals surface area contributed by atoms with Crippen molar-refractivity contribution in [1.29, 1.82) is 0 Å². The zero-order chi connectivity index (χ0) is 16.8. The van der Waals surface area contributed by atoms with Crippen LogP contribution in [0.15, 0.2) is 12.2 Å². The van der Waals surface area contributed by atoms with Gasteiger partial charge < -0.3 is 5.32 Å². The zero-order valence-corrected chi connectivity index (χ0v) is 13.9. The van der Waals surface area contributed by atoms with Gasteiger partial charge in [-0.2, -0.15) is 4.58 Å². The van der Waals surface area contributed by atoms with Gasteiger partial charge in [-0.3, -0.25) is 9.36 Å². The predicted octanol–water partition coefficient (Wildman–Crippen LogP) is 0.922. The van der Waals surface area contributed by atoms with Gasteiger partial charge in [0.15, 0.2) is 12.7 Å². The second-order valence-corrected chi connectivity index (χ2v) is 8.18. The Labute approximate surface area is 144 Å². The van der Waals surface area contributed by atoms with Crippen molar-refractivity contribution in [2.24, 2.45) is 11.8 Å². The van der Waals surface area contributed by atoms with Gasteiger partial charge in [0, 0.05) is 23.5 Å². The molecule has 0 radical (unpaired) electrons. The van der Waals surface area contributed by atoms with Gasteiger partial charge in [0.25, 0.3) is 5.82 Å². The van der Waals surface area contributed by atoms with Crippen molar-refractivity contribution in [2.75, 3.05) is 6.54 Å².